The topological polar surface area (TPSA) is 207 Å². The van der Waals surface area contributed by atoms with Crippen molar-refractivity contribution in [3.05, 3.63) is 11.5 Å². The summed E-state index contributed by atoms with van der Waals surface area (Å²) in [6, 6.07) is 0. The average Bonchev–Trinajstić information content (AvgIpc) is 2.76. The minimum Gasteiger partial charge on any atom is -0.489 e. The Kier molecular flexibility index (Phi) is 7.29. The van der Waals surface area contributed by atoms with Crippen molar-refractivity contribution in [2.75, 3.05) is 6.61 Å². The molecular weight excluding hydrogens is 444 g/mol. The first-order valence-corrected chi connectivity index (χ1v) is 11.3. The third kappa shape index (κ3) is 4.64. The Morgan fingerprint density at radius 2 is 1.58 bits per heavy atom. The Balaban J connectivity index is 1.67. The molecule has 2 saturated carbocycles. The van der Waals surface area contributed by atoms with Crippen LogP contribution in [-0.2, 0) is 19.0 Å². The molecule has 4 aliphatic rings. The SMILES string of the molecule is O=C1C(O[C@@H]2O[C@H](CO)[C@H](O)[C@H](O)[C@H]2O)=C(C2CCC(O)C(O)C2)OC2CC(O)CC(O)C12. The average molecular weight is 476 g/mol. The van der Waals surface area contributed by atoms with Crippen molar-refractivity contribution in [3.63, 3.8) is 0 Å². The zero-order valence-corrected chi connectivity index (χ0v) is 17.9. The summed E-state index contributed by atoms with van der Waals surface area (Å²) in [6.45, 7) is -0.685. The van der Waals surface area contributed by atoms with Crippen LogP contribution < -0.4 is 0 Å². The van der Waals surface area contributed by atoms with Gasteiger partial charge in [-0.2, -0.15) is 0 Å². The van der Waals surface area contributed by atoms with Gasteiger partial charge in [-0.15, -0.1) is 0 Å². The van der Waals surface area contributed by atoms with Gasteiger partial charge in [0.2, 0.25) is 17.8 Å². The van der Waals surface area contributed by atoms with Gasteiger partial charge in [0, 0.05) is 18.8 Å². The molecule has 8 N–H and O–H groups in total. The minimum atomic E-state index is -1.76. The zero-order valence-electron chi connectivity index (χ0n) is 17.9. The van der Waals surface area contributed by atoms with Crippen molar-refractivity contribution in [2.45, 2.75) is 93.3 Å². The first-order valence-electron chi connectivity index (χ1n) is 11.3. The Morgan fingerprint density at radius 1 is 0.848 bits per heavy atom. The summed E-state index contributed by atoms with van der Waals surface area (Å²) in [4.78, 5) is 13.4. The number of allylic oxidation sites excluding steroid dienone is 2. The van der Waals surface area contributed by atoms with E-state index in [4.69, 9.17) is 14.2 Å². The first-order chi connectivity index (χ1) is 15.6. The van der Waals surface area contributed by atoms with Crippen LogP contribution in [0.3, 0.4) is 0 Å². The summed E-state index contributed by atoms with van der Waals surface area (Å²) in [5, 5.41) is 80.4. The highest BCUT2D eigenvalue weighted by molar-refractivity contribution is 5.97. The third-order valence-corrected chi connectivity index (χ3v) is 7.10. The van der Waals surface area contributed by atoms with Crippen molar-refractivity contribution in [1.82, 2.24) is 0 Å². The van der Waals surface area contributed by atoms with E-state index in [0.717, 1.165) is 0 Å². The smallest absolute Gasteiger partial charge is 0.229 e. The molecule has 2 aliphatic heterocycles. The van der Waals surface area contributed by atoms with Gasteiger partial charge in [0.25, 0.3) is 0 Å². The molecule has 12 atom stereocenters. The summed E-state index contributed by atoms with van der Waals surface area (Å²) in [7, 11) is 0. The van der Waals surface area contributed by atoms with Gasteiger partial charge in [0.05, 0.1) is 36.9 Å². The molecule has 1 saturated heterocycles. The number of aliphatic hydroxyl groups excluding tert-OH is 8. The summed E-state index contributed by atoms with van der Waals surface area (Å²) < 4.78 is 17.1. The number of carbonyl (C=O) groups excluding carboxylic acids is 1. The number of ether oxygens (including phenoxy) is 3. The van der Waals surface area contributed by atoms with Gasteiger partial charge in [-0.1, -0.05) is 0 Å². The molecule has 0 aromatic rings. The molecule has 33 heavy (non-hydrogen) atoms. The molecule has 3 fully saturated rings. The van der Waals surface area contributed by atoms with E-state index in [9.17, 15) is 45.6 Å². The highest BCUT2D eigenvalue weighted by Gasteiger charge is 2.52. The van der Waals surface area contributed by atoms with Gasteiger partial charge in [0.1, 0.15) is 36.3 Å². The summed E-state index contributed by atoms with van der Waals surface area (Å²) in [5.41, 5.74) is 0. The van der Waals surface area contributed by atoms with Crippen LogP contribution in [0.15, 0.2) is 11.5 Å². The van der Waals surface area contributed by atoms with E-state index >= 15 is 0 Å². The lowest BCUT2D eigenvalue weighted by molar-refractivity contribution is -0.292. The van der Waals surface area contributed by atoms with Crippen molar-refractivity contribution in [2.24, 2.45) is 11.8 Å². The fourth-order valence-corrected chi connectivity index (χ4v) is 5.19. The molecule has 4 rings (SSSR count). The van der Waals surface area contributed by atoms with Crippen LogP contribution in [0.25, 0.3) is 0 Å². The van der Waals surface area contributed by atoms with Gasteiger partial charge in [-0.25, -0.2) is 0 Å². The van der Waals surface area contributed by atoms with Crippen molar-refractivity contribution in [3.8, 4) is 0 Å². The predicted octanol–water partition coefficient (Wildman–Crippen LogP) is -3.36. The van der Waals surface area contributed by atoms with Crippen LogP contribution in [-0.4, -0.2) is 114 Å². The first kappa shape index (κ1) is 24.8. The number of rotatable bonds is 4. The second-order valence-corrected chi connectivity index (χ2v) is 9.39. The van der Waals surface area contributed by atoms with E-state index in [1.807, 2.05) is 0 Å². The molecule has 0 aromatic heterocycles. The van der Waals surface area contributed by atoms with E-state index in [1.54, 1.807) is 0 Å². The Morgan fingerprint density at radius 3 is 2.24 bits per heavy atom. The largest absolute Gasteiger partial charge is 0.489 e. The lowest BCUT2D eigenvalue weighted by Gasteiger charge is -2.45. The van der Waals surface area contributed by atoms with E-state index in [-0.39, 0.29) is 37.2 Å². The van der Waals surface area contributed by atoms with Gasteiger partial charge in [0.15, 0.2) is 0 Å². The highest BCUT2D eigenvalue weighted by Crippen LogP contribution is 2.43. The van der Waals surface area contributed by atoms with Gasteiger partial charge >= 0.3 is 0 Å². The normalized spacial score (nSPS) is 48.8. The molecule has 0 radical (unpaired) electrons. The zero-order chi connectivity index (χ0) is 24.0. The second-order valence-electron chi connectivity index (χ2n) is 9.39. The maximum absolute atomic E-state index is 13.4. The highest BCUT2D eigenvalue weighted by atomic mass is 16.7. The number of carbonyl (C=O) groups is 1. The molecule has 12 heteroatoms. The number of Topliss-reactive ketones (excluding diaryl/α,β-unsaturated/α-hetero) is 1. The molecule has 0 bridgehead atoms. The second kappa shape index (κ2) is 9.72. The number of ketones is 1. The number of hydrogen-bond donors (Lipinski definition) is 8. The Hall–Kier alpha value is -1.35. The lowest BCUT2D eigenvalue weighted by atomic mass is 9.75. The van der Waals surface area contributed by atoms with Crippen LogP contribution in [0.4, 0.5) is 0 Å². The quantitative estimate of drug-likeness (QED) is 0.200. The Bertz CT molecular complexity index is 756. The van der Waals surface area contributed by atoms with E-state index < -0.39 is 85.5 Å². The number of fused-ring (bicyclic) bond motifs is 1. The van der Waals surface area contributed by atoms with Crippen LogP contribution in [0.1, 0.15) is 32.1 Å². The summed E-state index contributed by atoms with van der Waals surface area (Å²) >= 11 is 0. The molecule has 188 valence electrons. The predicted molar refractivity (Wildman–Crippen MR) is 106 cm³/mol. The number of aliphatic hydroxyl groups is 8. The molecule has 2 aliphatic carbocycles. The summed E-state index contributed by atoms with van der Waals surface area (Å²) in [5.74, 6) is -2.53. The van der Waals surface area contributed by atoms with Crippen molar-refractivity contribution < 1.29 is 59.9 Å². The molecule has 0 spiro atoms. The third-order valence-electron chi connectivity index (χ3n) is 7.10. The van der Waals surface area contributed by atoms with Gasteiger partial charge < -0.3 is 55.1 Å². The molecule has 7 unspecified atom stereocenters. The Labute approximate surface area is 189 Å². The van der Waals surface area contributed by atoms with Gasteiger partial charge in [-0.05, 0) is 19.3 Å². The van der Waals surface area contributed by atoms with E-state index in [1.165, 1.54) is 0 Å². The van der Waals surface area contributed by atoms with Crippen LogP contribution in [0.5, 0.6) is 0 Å². The molecule has 0 aromatic carbocycles. The van der Waals surface area contributed by atoms with Crippen LogP contribution >= 0.6 is 0 Å². The monoisotopic (exact) mass is 476 g/mol. The van der Waals surface area contributed by atoms with Crippen molar-refractivity contribution in [1.29, 1.82) is 0 Å². The van der Waals surface area contributed by atoms with Crippen LogP contribution in [0.2, 0.25) is 0 Å². The maximum atomic E-state index is 13.4. The minimum absolute atomic E-state index is 0.0345. The number of hydrogen-bond acceptors (Lipinski definition) is 12. The van der Waals surface area contributed by atoms with E-state index in [0.29, 0.717) is 6.42 Å². The fraction of sp³-hybridized carbons (Fsp3) is 0.857. The lowest BCUT2D eigenvalue weighted by Crippen LogP contribution is -2.59. The maximum Gasteiger partial charge on any atom is 0.229 e. The van der Waals surface area contributed by atoms with Gasteiger partial charge in [-0.3, -0.25) is 4.79 Å². The molecule has 2 heterocycles. The van der Waals surface area contributed by atoms with E-state index in [2.05, 4.69) is 0 Å². The fourth-order valence-electron chi connectivity index (χ4n) is 5.19. The summed E-state index contributed by atoms with van der Waals surface area (Å²) in [6.07, 6.45) is -12.2. The van der Waals surface area contributed by atoms with Crippen LogP contribution in [0, 0.1) is 11.8 Å². The molecular formula is C21H32O12. The molecule has 0 amide bonds. The standard InChI is InChI=1S/C21H32O12/c22-6-13-15(27)17(29)18(30)21(32-13)33-20-16(28)14-11(26)4-8(23)5-12(14)31-19(20)7-1-2-9(24)10(25)3-7/h7-15,17-18,21-27,29-30H,1-6H2/t7?,8?,9?,10?,11?,12?,13-,14?,15+,17+,18-,21+/m1/s1. The van der Waals surface area contributed by atoms with Crippen molar-refractivity contribution >= 4 is 5.78 Å². The molecule has 12 nitrogen and oxygen atoms in total.